The summed E-state index contributed by atoms with van der Waals surface area (Å²) >= 11 is 0. The van der Waals surface area contributed by atoms with Gasteiger partial charge in [-0.3, -0.25) is 4.79 Å². The van der Waals surface area contributed by atoms with Gasteiger partial charge >= 0.3 is 6.36 Å². The molecule has 0 unspecified atom stereocenters. The van der Waals surface area contributed by atoms with Crippen molar-refractivity contribution in [1.29, 1.82) is 0 Å². The Kier molecular flexibility index (Phi) is 6.24. The van der Waals surface area contributed by atoms with E-state index in [1.807, 2.05) is 0 Å². The van der Waals surface area contributed by atoms with Crippen LogP contribution in [0.1, 0.15) is 0 Å². The number of carbonyl (C=O) groups is 1. The quantitative estimate of drug-likeness (QED) is 0.423. The van der Waals surface area contributed by atoms with E-state index in [1.54, 1.807) is 0 Å². The average Bonchev–Trinajstić information content (AvgIpc) is 2.43. The lowest BCUT2D eigenvalue weighted by Gasteiger charge is -2.10. The first-order valence-electron chi connectivity index (χ1n) is 6.10. The zero-order chi connectivity index (χ0) is 16.6. The second kappa shape index (κ2) is 7.91. The van der Waals surface area contributed by atoms with Crippen molar-refractivity contribution >= 4 is 17.6 Å². The highest BCUT2D eigenvalue weighted by atomic mass is 19.4. The van der Waals surface area contributed by atoms with Gasteiger partial charge in [0.15, 0.2) is 5.96 Å². The van der Waals surface area contributed by atoms with Crippen molar-refractivity contribution in [3.63, 3.8) is 0 Å². The molecule has 0 atom stereocenters. The number of halogens is 3. The Hall–Kier alpha value is -2.71. The van der Waals surface area contributed by atoms with Crippen molar-refractivity contribution in [2.75, 3.05) is 18.4 Å². The van der Waals surface area contributed by atoms with E-state index in [0.29, 0.717) is 12.2 Å². The lowest BCUT2D eigenvalue weighted by Crippen LogP contribution is -2.29. The van der Waals surface area contributed by atoms with Crippen LogP contribution in [0.25, 0.3) is 0 Å². The third-order valence-electron chi connectivity index (χ3n) is 2.20. The summed E-state index contributed by atoms with van der Waals surface area (Å²) in [5, 5.41) is 5.14. The molecular weight excluding hydrogens is 301 g/mol. The van der Waals surface area contributed by atoms with Gasteiger partial charge in [-0.05, 0) is 24.3 Å². The minimum absolute atomic E-state index is 0.0433. The van der Waals surface area contributed by atoms with Crippen LogP contribution in [0.5, 0.6) is 5.75 Å². The largest absolute Gasteiger partial charge is 0.573 e. The van der Waals surface area contributed by atoms with E-state index >= 15 is 0 Å². The first-order valence-corrected chi connectivity index (χ1v) is 6.10. The number of guanidine groups is 1. The van der Waals surface area contributed by atoms with Gasteiger partial charge in [-0.1, -0.05) is 6.08 Å². The Morgan fingerprint density at radius 3 is 2.55 bits per heavy atom. The summed E-state index contributed by atoms with van der Waals surface area (Å²) in [7, 11) is 0. The summed E-state index contributed by atoms with van der Waals surface area (Å²) in [5.41, 5.74) is 5.95. The lowest BCUT2D eigenvalue weighted by molar-refractivity contribution is -0.274. The van der Waals surface area contributed by atoms with Gasteiger partial charge in [-0.25, -0.2) is 4.99 Å². The van der Waals surface area contributed by atoms with E-state index in [-0.39, 0.29) is 24.2 Å². The fourth-order valence-corrected chi connectivity index (χ4v) is 1.33. The molecule has 6 nitrogen and oxygen atoms in total. The molecule has 0 aliphatic rings. The van der Waals surface area contributed by atoms with Crippen molar-refractivity contribution in [2.45, 2.75) is 6.36 Å². The van der Waals surface area contributed by atoms with Crippen molar-refractivity contribution < 1.29 is 22.7 Å². The summed E-state index contributed by atoms with van der Waals surface area (Å²) in [4.78, 5) is 15.0. The highest BCUT2D eigenvalue weighted by molar-refractivity contribution is 5.93. The molecule has 22 heavy (non-hydrogen) atoms. The van der Waals surface area contributed by atoms with Gasteiger partial charge in [-0.2, -0.15) is 0 Å². The summed E-state index contributed by atoms with van der Waals surface area (Å²) in [5.74, 6) is -0.728. The first kappa shape index (κ1) is 17.3. The molecular formula is C13H15F3N4O2. The number of hydrogen-bond donors (Lipinski definition) is 3. The first-order chi connectivity index (χ1) is 10.3. The molecule has 9 heteroatoms. The third-order valence-corrected chi connectivity index (χ3v) is 2.20. The summed E-state index contributed by atoms with van der Waals surface area (Å²) in [6.45, 7) is 3.59. The number of hydrogen-bond acceptors (Lipinski definition) is 3. The molecule has 0 saturated heterocycles. The maximum Gasteiger partial charge on any atom is 0.573 e. The van der Waals surface area contributed by atoms with E-state index < -0.39 is 6.36 Å². The topological polar surface area (TPSA) is 88.7 Å². The second-order valence-electron chi connectivity index (χ2n) is 3.99. The van der Waals surface area contributed by atoms with Crippen LogP contribution in [0.15, 0.2) is 41.9 Å². The molecule has 1 amide bonds. The van der Waals surface area contributed by atoms with E-state index in [9.17, 15) is 18.0 Å². The van der Waals surface area contributed by atoms with Crippen LogP contribution < -0.4 is 21.1 Å². The van der Waals surface area contributed by atoms with Crippen LogP contribution in [0.4, 0.5) is 18.9 Å². The van der Waals surface area contributed by atoms with E-state index in [0.717, 1.165) is 12.1 Å². The van der Waals surface area contributed by atoms with Crippen molar-refractivity contribution in [3.8, 4) is 5.75 Å². The highest BCUT2D eigenvalue weighted by Gasteiger charge is 2.30. The molecule has 0 fully saturated rings. The Balaban J connectivity index is 2.52. The number of alkyl halides is 3. The smallest absolute Gasteiger partial charge is 0.406 e. The summed E-state index contributed by atoms with van der Waals surface area (Å²) in [6, 6.07) is 4.92. The van der Waals surface area contributed by atoms with Gasteiger partial charge in [0.1, 0.15) is 12.3 Å². The summed E-state index contributed by atoms with van der Waals surface area (Å²) in [6.07, 6.45) is -3.22. The predicted octanol–water partition coefficient (Wildman–Crippen LogP) is 1.61. The zero-order valence-corrected chi connectivity index (χ0v) is 11.5. The van der Waals surface area contributed by atoms with Gasteiger partial charge < -0.3 is 21.1 Å². The molecule has 0 bridgehead atoms. The standard InChI is InChI=1S/C13H15F3N4O2/c1-2-7-18-11(21)8-19-12(17)20-9-3-5-10(6-4-9)22-13(14,15)16/h2-6H,1,7-8H2,(H,18,21)(H3,17,19,20). The Morgan fingerprint density at radius 1 is 1.36 bits per heavy atom. The van der Waals surface area contributed by atoms with Gasteiger partial charge in [0.05, 0.1) is 0 Å². The van der Waals surface area contributed by atoms with Crippen LogP contribution >= 0.6 is 0 Å². The number of carbonyl (C=O) groups excluding carboxylic acids is 1. The normalized spacial score (nSPS) is 11.7. The van der Waals surface area contributed by atoms with Crippen molar-refractivity contribution in [2.24, 2.45) is 10.7 Å². The molecule has 0 aromatic heterocycles. The lowest BCUT2D eigenvalue weighted by atomic mass is 10.3. The van der Waals surface area contributed by atoms with Gasteiger partial charge in [0.25, 0.3) is 0 Å². The number of benzene rings is 1. The number of nitrogens with zero attached hydrogens (tertiary/aromatic N) is 1. The van der Waals surface area contributed by atoms with Gasteiger partial charge in [0.2, 0.25) is 5.91 Å². The fraction of sp³-hybridized carbons (Fsp3) is 0.231. The van der Waals surface area contributed by atoms with Crippen LogP contribution in [0.3, 0.4) is 0 Å². The SMILES string of the molecule is C=CCNC(=O)CN=C(N)Nc1ccc(OC(F)(F)F)cc1. The number of ether oxygens (including phenoxy) is 1. The molecule has 4 N–H and O–H groups in total. The number of anilines is 1. The number of aliphatic imine (C=N–C) groups is 1. The fourth-order valence-electron chi connectivity index (χ4n) is 1.33. The van der Waals surface area contributed by atoms with Crippen LogP contribution in [0, 0.1) is 0 Å². The Labute approximate surface area is 124 Å². The minimum atomic E-state index is -4.74. The molecule has 0 saturated carbocycles. The molecule has 1 rings (SSSR count). The van der Waals surface area contributed by atoms with Crippen LogP contribution in [-0.2, 0) is 4.79 Å². The van der Waals surface area contributed by atoms with Crippen LogP contribution in [0.2, 0.25) is 0 Å². The maximum atomic E-state index is 12.0. The Morgan fingerprint density at radius 2 is 2.00 bits per heavy atom. The number of rotatable bonds is 6. The molecule has 0 radical (unpaired) electrons. The number of nitrogens with two attached hydrogens (primary N) is 1. The molecule has 120 valence electrons. The van der Waals surface area contributed by atoms with Crippen molar-refractivity contribution in [1.82, 2.24) is 5.32 Å². The second-order valence-corrected chi connectivity index (χ2v) is 3.99. The predicted molar refractivity (Wildman–Crippen MR) is 76.4 cm³/mol. The number of amides is 1. The van der Waals surface area contributed by atoms with Crippen molar-refractivity contribution in [3.05, 3.63) is 36.9 Å². The monoisotopic (exact) mass is 316 g/mol. The molecule has 1 aromatic rings. The maximum absolute atomic E-state index is 12.0. The number of nitrogens with one attached hydrogen (secondary N) is 2. The molecule has 0 aliphatic heterocycles. The molecule has 1 aromatic carbocycles. The van der Waals surface area contributed by atoms with Crippen LogP contribution in [-0.4, -0.2) is 31.3 Å². The van der Waals surface area contributed by atoms with E-state index in [1.165, 1.54) is 18.2 Å². The highest BCUT2D eigenvalue weighted by Crippen LogP contribution is 2.23. The molecule has 0 heterocycles. The third kappa shape index (κ3) is 7.17. The molecule has 0 spiro atoms. The van der Waals surface area contributed by atoms with E-state index in [2.05, 4.69) is 26.9 Å². The zero-order valence-electron chi connectivity index (χ0n) is 11.5. The Bertz CT molecular complexity index is 541. The van der Waals surface area contributed by atoms with Gasteiger partial charge in [-0.15, -0.1) is 19.8 Å². The molecule has 0 aliphatic carbocycles. The van der Waals surface area contributed by atoms with E-state index in [4.69, 9.17) is 5.73 Å². The minimum Gasteiger partial charge on any atom is -0.406 e. The van der Waals surface area contributed by atoms with Gasteiger partial charge in [0, 0.05) is 12.2 Å². The average molecular weight is 316 g/mol. The summed E-state index contributed by atoms with van der Waals surface area (Å²) < 4.78 is 39.7.